The predicted molar refractivity (Wildman–Crippen MR) is 93.9 cm³/mol. The maximum atomic E-state index is 13.2. The summed E-state index contributed by atoms with van der Waals surface area (Å²) in [5, 5.41) is 2.48. The number of rotatable bonds is 7. The van der Waals surface area contributed by atoms with Gasteiger partial charge in [-0.3, -0.25) is 9.10 Å². The Morgan fingerprint density at radius 3 is 2.50 bits per heavy atom. The maximum absolute atomic E-state index is 13.2. The SMILES string of the molecule is COc1cccc(N(CCNC(=O)c2ccc(F)c(F)c2)S(C)(=O)=O)c1. The Labute approximate surface area is 150 Å². The Balaban J connectivity index is 2.08. The Hall–Kier alpha value is -2.68. The minimum Gasteiger partial charge on any atom is -0.497 e. The summed E-state index contributed by atoms with van der Waals surface area (Å²) in [4.78, 5) is 12.0. The number of carbonyl (C=O) groups excluding carboxylic acids is 1. The van der Waals surface area contributed by atoms with Crippen molar-refractivity contribution in [3.8, 4) is 5.75 Å². The molecule has 0 spiro atoms. The van der Waals surface area contributed by atoms with E-state index in [4.69, 9.17) is 4.74 Å². The van der Waals surface area contributed by atoms with Gasteiger partial charge < -0.3 is 10.1 Å². The number of benzene rings is 2. The van der Waals surface area contributed by atoms with E-state index in [0.29, 0.717) is 11.4 Å². The maximum Gasteiger partial charge on any atom is 0.251 e. The number of anilines is 1. The summed E-state index contributed by atoms with van der Waals surface area (Å²) in [6.07, 6.45) is 1.05. The molecule has 0 atom stereocenters. The Morgan fingerprint density at radius 2 is 1.88 bits per heavy atom. The fourth-order valence-electron chi connectivity index (χ4n) is 2.26. The first-order valence-electron chi connectivity index (χ1n) is 7.57. The second kappa shape index (κ2) is 8.13. The standard InChI is InChI=1S/C17H18F2N2O4S/c1-25-14-5-3-4-13(11-14)21(26(2,23)24)9-8-20-17(22)12-6-7-15(18)16(19)10-12/h3-7,10-11H,8-9H2,1-2H3,(H,20,22). The summed E-state index contributed by atoms with van der Waals surface area (Å²) >= 11 is 0. The van der Waals surface area contributed by atoms with Crippen molar-refractivity contribution in [2.45, 2.75) is 0 Å². The first kappa shape index (κ1) is 19.6. The molecule has 0 fully saturated rings. The summed E-state index contributed by atoms with van der Waals surface area (Å²) in [7, 11) is -2.14. The normalized spacial score (nSPS) is 11.1. The molecular weight excluding hydrogens is 366 g/mol. The van der Waals surface area contributed by atoms with Crippen molar-refractivity contribution in [2.75, 3.05) is 30.8 Å². The predicted octanol–water partition coefficient (Wildman–Crippen LogP) is 2.17. The molecule has 2 rings (SSSR count). The van der Waals surface area contributed by atoms with E-state index in [2.05, 4.69) is 5.32 Å². The highest BCUT2D eigenvalue weighted by molar-refractivity contribution is 7.92. The zero-order chi connectivity index (χ0) is 19.3. The largest absolute Gasteiger partial charge is 0.497 e. The highest BCUT2D eigenvalue weighted by Crippen LogP contribution is 2.22. The number of hydrogen-bond donors (Lipinski definition) is 1. The van der Waals surface area contributed by atoms with Crippen LogP contribution in [0.4, 0.5) is 14.5 Å². The zero-order valence-electron chi connectivity index (χ0n) is 14.2. The van der Waals surface area contributed by atoms with Crippen LogP contribution in [0.15, 0.2) is 42.5 Å². The number of ether oxygens (including phenoxy) is 1. The van der Waals surface area contributed by atoms with Crippen LogP contribution in [0.25, 0.3) is 0 Å². The van der Waals surface area contributed by atoms with Crippen molar-refractivity contribution in [2.24, 2.45) is 0 Å². The highest BCUT2D eigenvalue weighted by atomic mass is 32.2. The number of nitrogens with one attached hydrogen (secondary N) is 1. The average molecular weight is 384 g/mol. The lowest BCUT2D eigenvalue weighted by Crippen LogP contribution is -2.38. The van der Waals surface area contributed by atoms with Crippen LogP contribution in [0.2, 0.25) is 0 Å². The quantitative estimate of drug-likeness (QED) is 0.794. The van der Waals surface area contributed by atoms with Crippen LogP contribution in [0.3, 0.4) is 0 Å². The van der Waals surface area contributed by atoms with E-state index in [0.717, 1.165) is 28.8 Å². The van der Waals surface area contributed by atoms with Crippen LogP contribution in [0.1, 0.15) is 10.4 Å². The van der Waals surface area contributed by atoms with Gasteiger partial charge in [0.1, 0.15) is 5.75 Å². The van der Waals surface area contributed by atoms with E-state index in [1.165, 1.54) is 7.11 Å². The van der Waals surface area contributed by atoms with Gasteiger partial charge in [0.25, 0.3) is 5.91 Å². The Kier molecular flexibility index (Phi) is 6.14. The van der Waals surface area contributed by atoms with E-state index in [1.54, 1.807) is 24.3 Å². The van der Waals surface area contributed by atoms with Gasteiger partial charge in [0, 0.05) is 18.2 Å². The summed E-state index contributed by atoms with van der Waals surface area (Å²) in [6.45, 7) is -0.0659. The van der Waals surface area contributed by atoms with Crippen LogP contribution in [-0.4, -0.2) is 40.8 Å². The first-order valence-corrected chi connectivity index (χ1v) is 9.42. The van der Waals surface area contributed by atoms with Gasteiger partial charge in [-0.1, -0.05) is 6.07 Å². The molecule has 9 heteroatoms. The van der Waals surface area contributed by atoms with Crippen molar-refractivity contribution < 1.29 is 26.7 Å². The van der Waals surface area contributed by atoms with Gasteiger partial charge in [0.05, 0.1) is 25.6 Å². The second-order valence-electron chi connectivity index (χ2n) is 5.42. The summed E-state index contributed by atoms with van der Waals surface area (Å²) < 4.78 is 56.4. The van der Waals surface area contributed by atoms with E-state index in [9.17, 15) is 22.0 Å². The Morgan fingerprint density at radius 1 is 1.15 bits per heavy atom. The van der Waals surface area contributed by atoms with E-state index >= 15 is 0 Å². The molecule has 0 bridgehead atoms. The number of halogens is 2. The number of sulfonamides is 1. The van der Waals surface area contributed by atoms with Crippen molar-refractivity contribution in [1.82, 2.24) is 5.32 Å². The molecule has 140 valence electrons. The zero-order valence-corrected chi connectivity index (χ0v) is 15.0. The smallest absolute Gasteiger partial charge is 0.251 e. The molecule has 0 saturated carbocycles. The van der Waals surface area contributed by atoms with Crippen LogP contribution in [0.5, 0.6) is 5.75 Å². The van der Waals surface area contributed by atoms with Gasteiger partial charge in [-0.15, -0.1) is 0 Å². The Bertz CT molecular complexity index is 903. The van der Waals surface area contributed by atoms with Gasteiger partial charge >= 0.3 is 0 Å². The third-order valence-corrected chi connectivity index (χ3v) is 4.72. The molecule has 26 heavy (non-hydrogen) atoms. The van der Waals surface area contributed by atoms with Crippen LogP contribution in [-0.2, 0) is 10.0 Å². The van der Waals surface area contributed by atoms with Gasteiger partial charge in [-0.05, 0) is 30.3 Å². The van der Waals surface area contributed by atoms with Gasteiger partial charge in [-0.25, -0.2) is 17.2 Å². The van der Waals surface area contributed by atoms with Crippen LogP contribution >= 0.6 is 0 Å². The second-order valence-corrected chi connectivity index (χ2v) is 7.33. The lowest BCUT2D eigenvalue weighted by molar-refractivity contribution is 0.0954. The van der Waals surface area contributed by atoms with Gasteiger partial charge in [0.15, 0.2) is 11.6 Å². The van der Waals surface area contributed by atoms with Crippen molar-refractivity contribution >= 4 is 21.6 Å². The van der Waals surface area contributed by atoms with Gasteiger partial charge in [0.2, 0.25) is 10.0 Å². The number of methoxy groups -OCH3 is 1. The number of hydrogen-bond acceptors (Lipinski definition) is 4. The number of amides is 1. The lowest BCUT2D eigenvalue weighted by Gasteiger charge is -2.23. The van der Waals surface area contributed by atoms with Crippen LogP contribution < -0.4 is 14.4 Å². The molecule has 0 radical (unpaired) electrons. The monoisotopic (exact) mass is 384 g/mol. The van der Waals surface area contributed by atoms with Gasteiger partial charge in [-0.2, -0.15) is 0 Å². The third-order valence-electron chi connectivity index (χ3n) is 3.52. The molecule has 0 heterocycles. The minimum atomic E-state index is -3.60. The molecule has 1 amide bonds. The molecular formula is C17H18F2N2O4S. The fourth-order valence-corrected chi connectivity index (χ4v) is 3.18. The van der Waals surface area contributed by atoms with Crippen molar-refractivity contribution in [3.05, 3.63) is 59.7 Å². The number of nitrogens with zero attached hydrogens (tertiary/aromatic N) is 1. The molecule has 0 aliphatic heterocycles. The molecule has 0 aliphatic rings. The summed E-state index contributed by atoms with van der Waals surface area (Å²) in [5.41, 5.74) is 0.324. The van der Waals surface area contributed by atoms with Crippen LogP contribution in [0, 0.1) is 11.6 Å². The minimum absolute atomic E-state index is 0.0257. The first-order chi connectivity index (χ1) is 12.2. The molecule has 0 unspecified atom stereocenters. The highest BCUT2D eigenvalue weighted by Gasteiger charge is 2.18. The molecule has 0 aliphatic carbocycles. The average Bonchev–Trinajstić information content (AvgIpc) is 2.59. The topological polar surface area (TPSA) is 75.7 Å². The lowest BCUT2D eigenvalue weighted by atomic mass is 10.2. The summed E-state index contributed by atoms with van der Waals surface area (Å²) in [5.74, 6) is -2.33. The number of carbonyl (C=O) groups is 1. The van der Waals surface area contributed by atoms with E-state index in [-0.39, 0.29) is 18.7 Å². The molecule has 6 nitrogen and oxygen atoms in total. The summed E-state index contributed by atoms with van der Waals surface area (Å²) in [6, 6.07) is 9.24. The van der Waals surface area contributed by atoms with E-state index in [1.807, 2.05) is 0 Å². The molecule has 2 aromatic carbocycles. The fraction of sp³-hybridized carbons (Fsp3) is 0.235. The van der Waals surface area contributed by atoms with Crippen molar-refractivity contribution in [3.63, 3.8) is 0 Å². The molecule has 1 N–H and O–H groups in total. The molecule has 0 saturated heterocycles. The van der Waals surface area contributed by atoms with Crippen molar-refractivity contribution in [1.29, 1.82) is 0 Å². The molecule has 0 aromatic heterocycles. The third kappa shape index (κ3) is 4.92. The van der Waals surface area contributed by atoms with E-state index < -0.39 is 27.6 Å². The molecule has 2 aromatic rings.